The molecule has 0 atom stereocenters. The molecule has 0 aliphatic carbocycles. The molecule has 0 spiro atoms. The highest BCUT2D eigenvalue weighted by atomic mass is 15.0. The van der Waals surface area contributed by atoms with Crippen LogP contribution >= 0.6 is 0 Å². The van der Waals surface area contributed by atoms with Gasteiger partial charge in [-0.05, 0) is 25.1 Å². The quantitative estimate of drug-likeness (QED) is 0.774. The summed E-state index contributed by atoms with van der Waals surface area (Å²) in [6.45, 7) is 5.73. The molecule has 0 saturated heterocycles. The zero-order chi connectivity index (χ0) is 13.0. The molecule has 3 heteroatoms. The largest absolute Gasteiger partial charge is 0.357 e. The molecule has 0 aromatic heterocycles. The number of amidine groups is 1. The molecule has 0 bridgehead atoms. The Morgan fingerprint density at radius 2 is 1.83 bits per heavy atom. The smallest absolute Gasteiger partial charge is 0.134 e. The first-order chi connectivity index (χ1) is 8.76. The minimum absolute atomic E-state index is 0.850. The Morgan fingerprint density at radius 3 is 2.44 bits per heavy atom. The standard InChI is InChI=1S/C15H17N3/c1-4-5-8-12-11(2)17-13-9-6-7-10-14(13)18-15(12)16-3/h4-10,17H,1H2,2-3H3,(H,16,18)/b8-5-. The molecule has 1 aromatic carbocycles. The van der Waals surface area contributed by atoms with Crippen molar-refractivity contribution in [1.82, 2.24) is 0 Å². The molecule has 0 saturated carbocycles. The van der Waals surface area contributed by atoms with E-state index >= 15 is 0 Å². The molecule has 2 rings (SSSR count). The van der Waals surface area contributed by atoms with Crippen molar-refractivity contribution >= 4 is 17.2 Å². The normalized spacial score (nSPS) is 17.1. The molecule has 92 valence electrons. The number of hydrogen-bond acceptors (Lipinski definition) is 2. The Balaban J connectivity index is 2.49. The van der Waals surface area contributed by atoms with Crippen molar-refractivity contribution in [1.29, 1.82) is 0 Å². The lowest BCUT2D eigenvalue weighted by Crippen LogP contribution is -2.13. The summed E-state index contributed by atoms with van der Waals surface area (Å²) in [6.07, 6.45) is 5.66. The van der Waals surface area contributed by atoms with Crippen molar-refractivity contribution in [2.45, 2.75) is 6.92 Å². The Kier molecular flexibility index (Phi) is 3.63. The third-order valence-electron chi connectivity index (χ3n) is 2.78. The van der Waals surface area contributed by atoms with E-state index in [9.17, 15) is 0 Å². The second kappa shape index (κ2) is 5.36. The summed E-state index contributed by atoms with van der Waals surface area (Å²) < 4.78 is 0. The van der Waals surface area contributed by atoms with Crippen LogP contribution in [-0.2, 0) is 0 Å². The van der Waals surface area contributed by atoms with Crippen LogP contribution in [0.15, 0.2) is 65.3 Å². The lowest BCUT2D eigenvalue weighted by atomic mass is 10.1. The topological polar surface area (TPSA) is 36.4 Å². The van der Waals surface area contributed by atoms with E-state index < -0.39 is 0 Å². The van der Waals surface area contributed by atoms with Gasteiger partial charge in [0, 0.05) is 18.3 Å². The van der Waals surface area contributed by atoms with Gasteiger partial charge < -0.3 is 10.6 Å². The highest BCUT2D eigenvalue weighted by Gasteiger charge is 2.15. The summed E-state index contributed by atoms with van der Waals surface area (Å²) in [7, 11) is 1.78. The molecule has 1 heterocycles. The van der Waals surface area contributed by atoms with Crippen LogP contribution in [0.5, 0.6) is 0 Å². The number of nitrogens with zero attached hydrogens (tertiary/aromatic N) is 1. The molecule has 0 unspecified atom stereocenters. The summed E-state index contributed by atoms with van der Waals surface area (Å²) in [4.78, 5) is 4.31. The number of aliphatic imine (C=N–C) groups is 1. The number of para-hydroxylation sites is 2. The highest BCUT2D eigenvalue weighted by molar-refractivity contribution is 6.13. The molecule has 1 aliphatic heterocycles. The van der Waals surface area contributed by atoms with Crippen LogP contribution in [0.25, 0.3) is 0 Å². The number of benzene rings is 1. The maximum absolute atomic E-state index is 4.31. The molecular formula is C15H17N3. The predicted octanol–water partition coefficient (Wildman–Crippen LogP) is 3.57. The summed E-state index contributed by atoms with van der Waals surface area (Å²) in [5.41, 5.74) is 4.18. The van der Waals surface area contributed by atoms with E-state index in [1.54, 1.807) is 13.1 Å². The van der Waals surface area contributed by atoms with Gasteiger partial charge in [0.15, 0.2) is 0 Å². The first-order valence-electron chi connectivity index (χ1n) is 5.86. The molecule has 0 fully saturated rings. The second-order valence-electron chi connectivity index (χ2n) is 4.00. The van der Waals surface area contributed by atoms with Crippen molar-refractivity contribution in [2.75, 3.05) is 17.7 Å². The van der Waals surface area contributed by atoms with Gasteiger partial charge in [-0.3, -0.25) is 4.99 Å². The van der Waals surface area contributed by atoms with Crippen molar-refractivity contribution in [3.05, 3.63) is 60.3 Å². The van der Waals surface area contributed by atoms with Crippen LogP contribution in [0, 0.1) is 0 Å². The minimum Gasteiger partial charge on any atom is -0.357 e. The molecule has 1 aliphatic rings. The molecule has 0 amide bonds. The first-order valence-corrected chi connectivity index (χ1v) is 5.86. The zero-order valence-corrected chi connectivity index (χ0v) is 10.7. The summed E-state index contributed by atoms with van der Waals surface area (Å²) in [5.74, 6) is 0.850. The average Bonchev–Trinajstić information content (AvgIpc) is 2.52. The third-order valence-corrected chi connectivity index (χ3v) is 2.78. The van der Waals surface area contributed by atoms with Gasteiger partial charge in [-0.1, -0.05) is 30.9 Å². The summed E-state index contributed by atoms with van der Waals surface area (Å²) >= 11 is 0. The van der Waals surface area contributed by atoms with Crippen molar-refractivity contribution < 1.29 is 0 Å². The van der Waals surface area contributed by atoms with Gasteiger partial charge in [0.25, 0.3) is 0 Å². The fourth-order valence-electron chi connectivity index (χ4n) is 1.89. The maximum atomic E-state index is 4.31. The van der Waals surface area contributed by atoms with Crippen molar-refractivity contribution in [2.24, 2.45) is 4.99 Å². The fraction of sp³-hybridized carbons (Fsp3) is 0.133. The maximum Gasteiger partial charge on any atom is 0.134 e. The number of rotatable bonds is 2. The van der Waals surface area contributed by atoms with Crippen LogP contribution in [0.2, 0.25) is 0 Å². The Morgan fingerprint density at radius 1 is 1.17 bits per heavy atom. The van der Waals surface area contributed by atoms with Gasteiger partial charge in [0.05, 0.1) is 11.4 Å². The summed E-state index contributed by atoms with van der Waals surface area (Å²) in [6, 6.07) is 8.08. The number of allylic oxidation sites excluding steroid dienone is 3. The predicted molar refractivity (Wildman–Crippen MR) is 79.1 cm³/mol. The van der Waals surface area contributed by atoms with Gasteiger partial charge in [0.1, 0.15) is 5.84 Å². The van der Waals surface area contributed by atoms with Crippen LogP contribution in [-0.4, -0.2) is 12.9 Å². The number of anilines is 2. The van der Waals surface area contributed by atoms with E-state index in [1.165, 1.54) is 0 Å². The van der Waals surface area contributed by atoms with Gasteiger partial charge in [-0.2, -0.15) is 0 Å². The Bertz CT molecular complexity index is 551. The SMILES string of the molecule is C=C/C=C\C1=C(C)Nc2ccccc2NC1=NC. The van der Waals surface area contributed by atoms with Crippen LogP contribution in [0.3, 0.4) is 0 Å². The van der Waals surface area contributed by atoms with E-state index in [2.05, 4.69) is 22.2 Å². The van der Waals surface area contributed by atoms with E-state index in [0.717, 1.165) is 28.5 Å². The lowest BCUT2D eigenvalue weighted by Gasteiger charge is -2.08. The number of fused-ring (bicyclic) bond motifs is 1. The Labute approximate surface area is 108 Å². The van der Waals surface area contributed by atoms with Crippen LogP contribution < -0.4 is 10.6 Å². The van der Waals surface area contributed by atoms with E-state index in [-0.39, 0.29) is 0 Å². The molecule has 18 heavy (non-hydrogen) atoms. The molecule has 2 N–H and O–H groups in total. The van der Waals surface area contributed by atoms with Gasteiger partial charge in [0.2, 0.25) is 0 Å². The van der Waals surface area contributed by atoms with Gasteiger partial charge >= 0.3 is 0 Å². The van der Waals surface area contributed by atoms with E-state index in [4.69, 9.17) is 0 Å². The molecule has 1 aromatic rings. The van der Waals surface area contributed by atoms with Crippen LogP contribution in [0.1, 0.15) is 6.92 Å². The Hall–Kier alpha value is -2.29. The fourth-order valence-corrected chi connectivity index (χ4v) is 1.89. The summed E-state index contributed by atoms with van der Waals surface area (Å²) in [5, 5.41) is 6.74. The second-order valence-corrected chi connectivity index (χ2v) is 4.00. The lowest BCUT2D eigenvalue weighted by molar-refractivity contribution is 1.35. The molecular weight excluding hydrogens is 222 g/mol. The molecule has 0 radical (unpaired) electrons. The van der Waals surface area contributed by atoms with Crippen molar-refractivity contribution in [3.8, 4) is 0 Å². The average molecular weight is 239 g/mol. The van der Waals surface area contributed by atoms with Crippen LogP contribution in [0.4, 0.5) is 11.4 Å². The third kappa shape index (κ3) is 2.35. The minimum atomic E-state index is 0.850. The number of hydrogen-bond donors (Lipinski definition) is 2. The van der Waals surface area contributed by atoms with E-state index in [1.807, 2.05) is 43.3 Å². The highest BCUT2D eigenvalue weighted by Crippen LogP contribution is 2.27. The zero-order valence-electron chi connectivity index (χ0n) is 10.7. The first kappa shape index (κ1) is 12.2. The molecule has 3 nitrogen and oxygen atoms in total. The number of nitrogens with one attached hydrogen (secondary N) is 2. The van der Waals surface area contributed by atoms with Crippen molar-refractivity contribution in [3.63, 3.8) is 0 Å². The monoisotopic (exact) mass is 239 g/mol. The van der Waals surface area contributed by atoms with Gasteiger partial charge in [-0.25, -0.2) is 0 Å². The van der Waals surface area contributed by atoms with Gasteiger partial charge in [-0.15, -0.1) is 0 Å². The van der Waals surface area contributed by atoms with E-state index in [0.29, 0.717) is 0 Å².